The lowest BCUT2D eigenvalue weighted by molar-refractivity contribution is 0.406. The molecule has 0 atom stereocenters. The van der Waals surface area contributed by atoms with Gasteiger partial charge in [0.15, 0.2) is 0 Å². The summed E-state index contributed by atoms with van der Waals surface area (Å²) >= 11 is 0. The zero-order valence-electron chi connectivity index (χ0n) is 11.2. The van der Waals surface area contributed by atoms with Gasteiger partial charge in [0.1, 0.15) is 5.82 Å². The molecule has 0 aromatic heterocycles. The van der Waals surface area contributed by atoms with Crippen LogP contribution < -0.4 is 10.6 Å². The highest BCUT2D eigenvalue weighted by Crippen LogP contribution is 2.30. The lowest BCUT2D eigenvalue weighted by Crippen LogP contribution is -2.40. The Labute approximate surface area is 109 Å². The van der Waals surface area contributed by atoms with Crippen LogP contribution in [-0.4, -0.2) is 18.6 Å². The highest BCUT2D eigenvalue weighted by molar-refractivity contribution is 5.46. The normalized spacial score (nSPS) is 17.9. The van der Waals surface area contributed by atoms with Crippen molar-refractivity contribution >= 4 is 5.69 Å². The molecule has 0 heterocycles. The molecule has 1 fully saturated rings. The average Bonchev–Trinajstić information content (AvgIpc) is 2.79. The second kappa shape index (κ2) is 5.70. The molecule has 0 bridgehead atoms. The predicted molar refractivity (Wildman–Crippen MR) is 74.3 cm³/mol. The van der Waals surface area contributed by atoms with E-state index in [2.05, 4.69) is 11.8 Å². The number of hydrogen-bond donors (Lipinski definition) is 1. The van der Waals surface area contributed by atoms with E-state index in [0.717, 1.165) is 38.0 Å². The van der Waals surface area contributed by atoms with E-state index in [1.54, 1.807) is 0 Å². The van der Waals surface area contributed by atoms with E-state index >= 15 is 0 Å². The minimum Gasteiger partial charge on any atom is -0.372 e. The number of benzene rings is 1. The van der Waals surface area contributed by atoms with Gasteiger partial charge in [0.2, 0.25) is 0 Å². The molecule has 2 nitrogen and oxygen atoms in total. The fourth-order valence-electron chi connectivity index (χ4n) is 2.81. The number of nitrogens with zero attached hydrogens (tertiary/aromatic N) is 1. The molecule has 18 heavy (non-hydrogen) atoms. The van der Waals surface area contributed by atoms with Crippen LogP contribution >= 0.6 is 0 Å². The maximum atomic E-state index is 12.9. The van der Waals surface area contributed by atoms with Gasteiger partial charge in [-0.2, -0.15) is 0 Å². The van der Waals surface area contributed by atoms with E-state index < -0.39 is 0 Å². The first-order chi connectivity index (χ1) is 8.63. The van der Waals surface area contributed by atoms with Crippen LogP contribution in [-0.2, 0) is 0 Å². The lowest BCUT2D eigenvalue weighted by atomic mass is 9.94. The summed E-state index contributed by atoms with van der Waals surface area (Å²) in [6.07, 6.45) is 5.85. The van der Waals surface area contributed by atoms with Gasteiger partial charge >= 0.3 is 0 Å². The molecule has 0 radical (unpaired) electrons. The van der Waals surface area contributed by atoms with Crippen molar-refractivity contribution in [3.05, 3.63) is 30.1 Å². The molecule has 3 heteroatoms. The Kier molecular flexibility index (Phi) is 4.23. The molecule has 1 aliphatic carbocycles. The molecule has 0 unspecified atom stereocenters. The highest BCUT2D eigenvalue weighted by Gasteiger charge is 2.29. The second-order valence-electron chi connectivity index (χ2n) is 5.38. The molecule has 0 aliphatic heterocycles. The second-order valence-corrected chi connectivity index (χ2v) is 5.38. The number of anilines is 1. The standard InChI is InChI=1S/C15H23FN2/c1-2-18(14-7-5-13(16)6-8-14)12-11-15(17)9-3-4-10-15/h5-8H,2-4,9-12,17H2,1H3. The van der Waals surface area contributed by atoms with Crippen LogP contribution in [0.1, 0.15) is 39.0 Å². The molecule has 100 valence electrons. The maximum absolute atomic E-state index is 12.9. The summed E-state index contributed by atoms with van der Waals surface area (Å²) in [5.41, 5.74) is 7.50. The van der Waals surface area contributed by atoms with Crippen molar-refractivity contribution in [1.82, 2.24) is 0 Å². The first-order valence-corrected chi connectivity index (χ1v) is 6.92. The van der Waals surface area contributed by atoms with Gasteiger partial charge in [0.05, 0.1) is 0 Å². The number of hydrogen-bond acceptors (Lipinski definition) is 2. The van der Waals surface area contributed by atoms with Crippen LogP contribution in [0, 0.1) is 5.82 Å². The zero-order valence-corrected chi connectivity index (χ0v) is 11.2. The summed E-state index contributed by atoms with van der Waals surface area (Å²) < 4.78 is 12.9. The molecule has 0 amide bonds. The largest absolute Gasteiger partial charge is 0.372 e. The first kappa shape index (κ1) is 13.3. The fourth-order valence-corrected chi connectivity index (χ4v) is 2.81. The van der Waals surface area contributed by atoms with Crippen molar-refractivity contribution in [2.75, 3.05) is 18.0 Å². The van der Waals surface area contributed by atoms with Gasteiger partial charge in [-0.1, -0.05) is 12.8 Å². The fraction of sp³-hybridized carbons (Fsp3) is 0.600. The predicted octanol–water partition coefficient (Wildman–Crippen LogP) is 3.31. The van der Waals surface area contributed by atoms with Crippen LogP contribution in [0.25, 0.3) is 0 Å². The summed E-state index contributed by atoms with van der Waals surface area (Å²) in [6, 6.07) is 6.73. The van der Waals surface area contributed by atoms with Crippen LogP contribution in [0.2, 0.25) is 0 Å². The van der Waals surface area contributed by atoms with E-state index in [1.165, 1.54) is 25.0 Å². The quantitative estimate of drug-likeness (QED) is 0.868. The van der Waals surface area contributed by atoms with Gasteiger partial charge in [0, 0.05) is 24.3 Å². The van der Waals surface area contributed by atoms with Crippen molar-refractivity contribution in [2.24, 2.45) is 5.73 Å². The van der Waals surface area contributed by atoms with Gasteiger partial charge in [0.25, 0.3) is 0 Å². The molecule has 1 aromatic rings. The van der Waals surface area contributed by atoms with Crippen molar-refractivity contribution in [3.63, 3.8) is 0 Å². The van der Waals surface area contributed by atoms with Gasteiger partial charge in [-0.3, -0.25) is 0 Å². The third kappa shape index (κ3) is 3.22. The minimum absolute atomic E-state index is 0.0352. The lowest BCUT2D eigenvalue weighted by Gasteiger charge is -2.29. The Hall–Kier alpha value is -1.09. The smallest absolute Gasteiger partial charge is 0.123 e. The molecule has 2 rings (SSSR count). The van der Waals surface area contributed by atoms with E-state index in [-0.39, 0.29) is 11.4 Å². The van der Waals surface area contributed by atoms with Crippen molar-refractivity contribution in [1.29, 1.82) is 0 Å². The van der Waals surface area contributed by atoms with Crippen molar-refractivity contribution in [2.45, 2.75) is 44.6 Å². The van der Waals surface area contributed by atoms with Crippen LogP contribution in [0.5, 0.6) is 0 Å². The van der Waals surface area contributed by atoms with E-state index in [1.807, 2.05) is 12.1 Å². The molecule has 0 saturated heterocycles. The number of halogens is 1. The summed E-state index contributed by atoms with van der Waals surface area (Å²) in [6.45, 7) is 4.02. The molecular weight excluding hydrogens is 227 g/mol. The van der Waals surface area contributed by atoms with Crippen molar-refractivity contribution < 1.29 is 4.39 Å². The van der Waals surface area contributed by atoms with Crippen LogP contribution in [0.15, 0.2) is 24.3 Å². The Morgan fingerprint density at radius 1 is 1.22 bits per heavy atom. The zero-order chi connectivity index (χ0) is 13.0. The monoisotopic (exact) mass is 250 g/mol. The molecular formula is C15H23FN2. The molecule has 2 N–H and O–H groups in total. The SMILES string of the molecule is CCN(CCC1(N)CCCC1)c1ccc(F)cc1. The van der Waals surface area contributed by atoms with E-state index in [0.29, 0.717) is 0 Å². The summed E-state index contributed by atoms with van der Waals surface area (Å²) in [4.78, 5) is 2.27. The van der Waals surface area contributed by atoms with Gasteiger partial charge in [-0.15, -0.1) is 0 Å². The van der Waals surface area contributed by atoms with Gasteiger partial charge < -0.3 is 10.6 Å². The Balaban J connectivity index is 1.95. The summed E-state index contributed by atoms with van der Waals surface area (Å²) in [5, 5.41) is 0. The van der Waals surface area contributed by atoms with Crippen LogP contribution in [0.3, 0.4) is 0 Å². The van der Waals surface area contributed by atoms with E-state index in [9.17, 15) is 4.39 Å². The third-order valence-corrected chi connectivity index (χ3v) is 4.05. The Morgan fingerprint density at radius 2 is 1.83 bits per heavy atom. The number of rotatable bonds is 5. The Bertz CT molecular complexity index is 369. The summed E-state index contributed by atoms with van der Waals surface area (Å²) in [5.74, 6) is -0.180. The van der Waals surface area contributed by atoms with Crippen LogP contribution in [0.4, 0.5) is 10.1 Å². The van der Waals surface area contributed by atoms with Crippen molar-refractivity contribution in [3.8, 4) is 0 Å². The maximum Gasteiger partial charge on any atom is 0.123 e. The van der Waals surface area contributed by atoms with Gasteiger partial charge in [-0.05, 0) is 50.5 Å². The highest BCUT2D eigenvalue weighted by atomic mass is 19.1. The van der Waals surface area contributed by atoms with Gasteiger partial charge in [-0.25, -0.2) is 4.39 Å². The Morgan fingerprint density at radius 3 is 2.39 bits per heavy atom. The first-order valence-electron chi connectivity index (χ1n) is 6.92. The average molecular weight is 250 g/mol. The molecule has 1 saturated carbocycles. The topological polar surface area (TPSA) is 29.3 Å². The molecule has 1 aliphatic rings. The minimum atomic E-state index is -0.180. The molecule has 1 aromatic carbocycles. The van der Waals surface area contributed by atoms with E-state index in [4.69, 9.17) is 5.73 Å². The summed E-state index contributed by atoms with van der Waals surface area (Å²) in [7, 11) is 0. The number of nitrogens with two attached hydrogens (primary N) is 1. The molecule has 0 spiro atoms. The third-order valence-electron chi connectivity index (χ3n) is 4.05.